The second kappa shape index (κ2) is 14.2. The van der Waals surface area contributed by atoms with E-state index in [1.807, 2.05) is 49.0 Å². The molecule has 5 aliphatic rings. The van der Waals surface area contributed by atoms with Crippen molar-refractivity contribution in [3.05, 3.63) is 30.5 Å². The molecule has 0 radical (unpaired) electrons. The maximum absolute atomic E-state index is 13.0. The third kappa shape index (κ3) is 6.14. The van der Waals surface area contributed by atoms with Gasteiger partial charge in [0.05, 0.1) is 54.8 Å². The van der Waals surface area contributed by atoms with Gasteiger partial charge in [-0.25, -0.2) is 0 Å². The number of nitrogens with zero attached hydrogens (tertiary/aromatic N) is 3. The highest BCUT2D eigenvalue weighted by molar-refractivity contribution is 5.58. The van der Waals surface area contributed by atoms with Crippen LogP contribution >= 0.6 is 0 Å². The van der Waals surface area contributed by atoms with E-state index < -0.39 is 22.4 Å². The molecular formula is C38H57N3O10. The summed E-state index contributed by atoms with van der Waals surface area (Å²) in [7, 11) is 6.62. The zero-order valence-corrected chi connectivity index (χ0v) is 31.3. The van der Waals surface area contributed by atoms with Gasteiger partial charge < -0.3 is 47.7 Å². The molecule has 0 bridgehead atoms. The van der Waals surface area contributed by atoms with Gasteiger partial charge in [0.2, 0.25) is 0 Å². The van der Waals surface area contributed by atoms with Crippen molar-refractivity contribution in [2.45, 2.75) is 108 Å². The maximum atomic E-state index is 13.0. The van der Waals surface area contributed by atoms with Crippen LogP contribution in [0.5, 0.6) is 5.75 Å². The van der Waals surface area contributed by atoms with Gasteiger partial charge in [0.15, 0.2) is 5.79 Å². The van der Waals surface area contributed by atoms with Crippen LogP contribution in [0.25, 0.3) is 11.3 Å². The quantitative estimate of drug-likeness (QED) is 0.286. The zero-order chi connectivity index (χ0) is 36.1. The summed E-state index contributed by atoms with van der Waals surface area (Å²) in [6.07, 6.45) is 6.10. The van der Waals surface area contributed by atoms with Crippen LogP contribution in [0.2, 0.25) is 0 Å². The molecule has 51 heavy (non-hydrogen) atoms. The Hall–Kier alpha value is -2.20. The van der Waals surface area contributed by atoms with Gasteiger partial charge in [-0.1, -0.05) is 12.1 Å². The molecule has 284 valence electrons. The van der Waals surface area contributed by atoms with Crippen molar-refractivity contribution in [2.24, 2.45) is 28.6 Å². The fourth-order valence-electron chi connectivity index (χ4n) is 11.2. The maximum Gasteiger partial charge on any atom is 0.163 e. The molecule has 1 aromatic carbocycles. The second-order valence-corrected chi connectivity index (χ2v) is 16.1. The number of hydrogen-bond acceptors (Lipinski definition) is 12. The number of ether oxygens (including phenoxy) is 9. The molecule has 10 atom stereocenters. The van der Waals surface area contributed by atoms with Crippen LogP contribution in [0.15, 0.2) is 30.5 Å². The Bertz CT molecular complexity index is 1490. The molecule has 4 saturated carbocycles. The monoisotopic (exact) mass is 715 g/mol. The van der Waals surface area contributed by atoms with Crippen LogP contribution in [0.4, 0.5) is 0 Å². The largest absolute Gasteiger partial charge is 0.497 e. The molecule has 4 aliphatic carbocycles. The number of benzene rings is 1. The molecule has 1 spiro atoms. The van der Waals surface area contributed by atoms with Crippen molar-refractivity contribution in [3.63, 3.8) is 0 Å². The summed E-state index contributed by atoms with van der Waals surface area (Å²) in [5.41, 5.74) is -0.965. The van der Waals surface area contributed by atoms with Gasteiger partial charge in [0.1, 0.15) is 31.8 Å². The lowest BCUT2D eigenvalue weighted by atomic mass is 9.40. The SMILES string of the molecule is COCO[C@H]1C[C@H]2OC(C)(C)OC[C@@]23C2C(CC[C@]3(O)C1)[C@@]1(OCOC)CC[C@H](Cn3cc(-c4ccc(OC)cc4)nn3)[C@@]1(C)C[C@H]2OCOC. The van der Waals surface area contributed by atoms with Crippen molar-refractivity contribution in [3.8, 4) is 17.0 Å². The summed E-state index contributed by atoms with van der Waals surface area (Å²) in [5, 5.41) is 22.1. The van der Waals surface area contributed by atoms with Crippen molar-refractivity contribution in [2.75, 3.05) is 55.4 Å². The van der Waals surface area contributed by atoms with Gasteiger partial charge in [0, 0.05) is 57.6 Å². The van der Waals surface area contributed by atoms with Gasteiger partial charge in [-0.15, -0.1) is 5.10 Å². The predicted molar refractivity (Wildman–Crippen MR) is 184 cm³/mol. The average molecular weight is 716 g/mol. The smallest absolute Gasteiger partial charge is 0.163 e. The first kappa shape index (κ1) is 37.1. The van der Waals surface area contributed by atoms with Gasteiger partial charge >= 0.3 is 0 Å². The van der Waals surface area contributed by atoms with E-state index in [9.17, 15) is 5.11 Å². The Morgan fingerprint density at radius 2 is 1.67 bits per heavy atom. The van der Waals surface area contributed by atoms with Crippen LogP contribution in [-0.2, 0) is 44.4 Å². The first-order valence-electron chi connectivity index (χ1n) is 18.4. The Morgan fingerprint density at radius 1 is 0.922 bits per heavy atom. The molecule has 2 unspecified atom stereocenters. The van der Waals surface area contributed by atoms with Gasteiger partial charge in [-0.3, -0.25) is 4.68 Å². The van der Waals surface area contributed by atoms with Crippen molar-refractivity contribution in [1.29, 1.82) is 0 Å². The predicted octanol–water partition coefficient (Wildman–Crippen LogP) is 4.80. The third-order valence-electron chi connectivity index (χ3n) is 13.4. The van der Waals surface area contributed by atoms with Crippen LogP contribution in [0.3, 0.4) is 0 Å². The van der Waals surface area contributed by atoms with E-state index in [0.717, 1.165) is 36.3 Å². The molecule has 2 aromatic rings. The van der Waals surface area contributed by atoms with Crippen LogP contribution in [0, 0.1) is 28.6 Å². The summed E-state index contributed by atoms with van der Waals surface area (Å²) in [4.78, 5) is 0. The fraction of sp³-hybridized carbons (Fsp3) is 0.789. The number of hydrogen-bond donors (Lipinski definition) is 1. The number of rotatable bonds is 13. The zero-order valence-electron chi connectivity index (χ0n) is 31.3. The normalized spacial score (nSPS) is 39.8. The molecular weight excluding hydrogens is 658 g/mol. The van der Waals surface area contributed by atoms with Crippen molar-refractivity contribution in [1.82, 2.24) is 15.0 Å². The molecule has 13 nitrogen and oxygen atoms in total. The molecule has 1 aromatic heterocycles. The fourth-order valence-corrected chi connectivity index (χ4v) is 11.2. The second-order valence-electron chi connectivity index (χ2n) is 16.1. The van der Waals surface area contributed by atoms with Crippen LogP contribution in [-0.4, -0.2) is 111 Å². The Kier molecular flexibility index (Phi) is 10.4. The summed E-state index contributed by atoms with van der Waals surface area (Å²) in [6.45, 7) is 7.77. The minimum absolute atomic E-state index is 0.0245. The number of aromatic nitrogens is 3. The molecule has 1 aliphatic heterocycles. The highest BCUT2D eigenvalue weighted by Gasteiger charge is 2.77. The van der Waals surface area contributed by atoms with Crippen LogP contribution < -0.4 is 4.74 Å². The first-order valence-corrected chi connectivity index (χ1v) is 18.4. The lowest BCUT2D eigenvalue weighted by molar-refractivity contribution is -0.409. The standard InChI is InChI=1S/C38H57N3O10/c1-34(2)49-21-37-32(51-34)16-28(47-22-43-4)17-36(37,42)14-13-29-33(37)31(48-23-44-5)18-35(3)26(12-15-38(29,35)50-24-45-6)19-41-20-30(39-40-41)25-8-10-27(46-7)11-9-25/h8-11,20,26,28-29,31-33,42H,12-19,21-24H2,1-7H3/t26-,28+,29?,31-,32-,33?,35-,36+,37+,38+/m1/s1. The van der Waals surface area contributed by atoms with Gasteiger partial charge in [0.25, 0.3) is 0 Å². The Morgan fingerprint density at radius 3 is 2.39 bits per heavy atom. The molecule has 2 heterocycles. The highest BCUT2D eigenvalue weighted by atomic mass is 16.7. The number of aliphatic hydroxyl groups is 1. The summed E-state index contributed by atoms with van der Waals surface area (Å²) < 4.78 is 57.2. The highest BCUT2D eigenvalue weighted by Crippen LogP contribution is 2.72. The summed E-state index contributed by atoms with van der Waals surface area (Å²) in [5.74, 6) is 0.0702. The Labute approximate surface area is 301 Å². The lowest BCUT2D eigenvalue weighted by Gasteiger charge is -2.71. The molecule has 13 heteroatoms. The number of fused-ring (bicyclic) bond motifs is 3. The van der Waals surface area contributed by atoms with E-state index in [4.69, 9.17) is 42.6 Å². The summed E-state index contributed by atoms with van der Waals surface area (Å²) in [6, 6.07) is 7.87. The lowest BCUT2D eigenvalue weighted by Crippen LogP contribution is -2.78. The molecule has 7 rings (SSSR count). The van der Waals surface area contributed by atoms with E-state index in [-0.39, 0.29) is 61.9 Å². The van der Waals surface area contributed by atoms with E-state index in [0.29, 0.717) is 38.8 Å². The molecule has 5 fully saturated rings. The van der Waals surface area contributed by atoms with Crippen molar-refractivity contribution < 1.29 is 47.7 Å². The van der Waals surface area contributed by atoms with E-state index in [2.05, 4.69) is 17.2 Å². The number of methoxy groups -OCH3 is 4. The van der Waals surface area contributed by atoms with Crippen LogP contribution in [0.1, 0.15) is 65.7 Å². The minimum atomic E-state index is -1.12. The topological polar surface area (TPSA) is 134 Å². The van der Waals surface area contributed by atoms with E-state index in [1.165, 1.54) is 0 Å². The van der Waals surface area contributed by atoms with Gasteiger partial charge in [-0.2, -0.15) is 0 Å². The van der Waals surface area contributed by atoms with Crippen molar-refractivity contribution >= 4 is 0 Å². The minimum Gasteiger partial charge on any atom is -0.497 e. The average Bonchev–Trinajstić information content (AvgIpc) is 3.70. The van der Waals surface area contributed by atoms with E-state index in [1.54, 1.807) is 28.4 Å². The van der Waals surface area contributed by atoms with Gasteiger partial charge in [-0.05, 0) is 82.1 Å². The first-order chi connectivity index (χ1) is 24.5. The molecule has 1 N–H and O–H groups in total. The van der Waals surface area contributed by atoms with E-state index >= 15 is 0 Å². The summed E-state index contributed by atoms with van der Waals surface area (Å²) >= 11 is 0. The molecule has 0 amide bonds. The third-order valence-corrected chi connectivity index (χ3v) is 13.4. The Balaban J connectivity index is 1.26. The molecule has 1 saturated heterocycles.